The molecule has 6 heteroatoms. The van der Waals surface area contributed by atoms with E-state index in [1.807, 2.05) is 60.7 Å². The number of nitriles is 2. The lowest BCUT2D eigenvalue weighted by molar-refractivity contribution is 1.13. The van der Waals surface area contributed by atoms with E-state index in [9.17, 15) is 10.5 Å². The molecule has 0 amide bonds. The summed E-state index contributed by atoms with van der Waals surface area (Å²) < 4.78 is 4.85. The van der Waals surface area contributed by atoms with Gasteiger partial charge in [0.15, 0.2) is 0 Å². The molecule has 0 saturated carbocycles. The fourth-order valence-corrected chi connectivity index (χ4v) is 11.9. The number of benzene rings is 12. The summed E-state index contributed by atoms with van der Waals surface area (Å²) in [6.45, 7) is 0. The van der Waals surface area contributed by atoms with Gasteiger partial charge in [0.1, 0.15) is 0 Å². The molecule has 0 fully saturated rings. The third kappa shape index (κ3) is 9.32. The summed E-state index contributed by atoms with van der Waals surface area (Å²) in [6, 6.07) is 115. The molecule has 0 aliphatic heterocycles. The maximum Gasteiger partial charge on any atom is 0.0991 e. The number of para-hydroxylation sites is 2. The molecule has 2 heterocycles. The Labute approximate surface area is 488 Å². The quantitative estimate of drug-likeness (QED) is 0.115. The Morgan fingerprint density at radius 3 is 0.833 bits per heavy atom. The first-order valence-electron chi connectivity index (χ1n) is 28.1. The van der Waals surface area contributed by atoms with Gasteiger partial charge >= 0.3 is 0 Å². The average Bonchev–Trinajstić information content (AvgIpc) is 2.44. The molecule has 6 nitrogen and oxygen atoms in total. The molecule has 0 spiro atoms. The third-order valence-electron chi connectivity index (χ3n) is 15.8. The highest BCUT2D eigenvalue weighted by molar-refractivity contribution is 6.10. The Kier molecular flexibility index (Phi) is 13.3. The summed E-state index contributed by atoms with van der Waals surface area (Å²) in [4.78, 5) is 4.46. The van der Waals surface area contributed by atoms with Crippen LogP contribution in [0.2, 0.25) is 0 Å². The Morgan fingerprint density at radius 2 is 0.524 bits per heavy atom. The summed E-state index contributed by atoms with van der Waals surface area (Å²) in [5.41, 5.74) is 22.7. The molecule has 2 aromatic heterocycles. The summed E-state index contributed by atoms with van der Waals surface area (Å²) >= 11 is 0. The number of hydrogen-bond acceptors (Lipinski definition) is 4. The first-order chi connectivity index (χ1) is 41.6. The van der Waals surface area contributed by atoms with Crippen LogP contribution in [0.3, 0.4) is 0 Å². The van der Waals surface area contributed by atoms with Gasteiger partial charge in [-0.15, -0.1) is 0 Å². The molecule has 14 rings (SSSR count). The minimum absolute atomic E-state index is 0.619. The molecule has 0 N–H and O–H groups in total. The molecule has 394 valence electrons. The summed E-state index contributed by atoms with van der Waals surface area (Å²) in [6.07, 6.45) is 0. The standard InChI is InChI=1S/C78H52N6/c79-53-55-31-37-65(38-32-55)81(63-27-15-5-16-28-63)67-41-45-69(46-42-67)83-73-49-35-61(51-71(73)75(57-19-7-1-8-20-57)77(83)59-23-11-3-12-24-59)62-36-50-74-72(52-62)76(58-21-9-2-10-22-58)78(60-25-13-4-14-26-60)84(74)70-47-43-68(44-48-70)82(64-29-17-6-18-30-64)66-39-33-56(54-80)34-40-66/h1-52H. The highest BCUT2D eigenvalue weighted by atomic mass is 15.1. The normalized spacial score (nSPS) is 11.1. The van der Waals surface area contributed by atoms with Crippen LogP contribution >= 0.6 is 0 Å². The van der Waals surface area contributed by atoms with Crippen molar-refractivity contribution >= 4 is 55.9 Å². The van der Waals surface area contributed by atoms with Crippen molar-refractivity contribution in [1.29, 1.82) is 10.5 Å². The molecule has 0 aliphatic rings. The predicted molar refractivity (Wildman–Crippen MR) is 346 cm³/mol. The van der Waals surface area contributed by atoms with Gasteiger partial charge in [0.25, 0.3) is 0 Å². The minimum atomic E-state index is 0.619. The monoisotopic (exact) mass is 1070 g/mol. The van der Waals surface area contributed by atoms with Crippen LogP contribution in [0.15, 0.2) is 315 Å². The number of fused-ring (bicyclic) bond motifs is 2. The second kappa shape index (κ2) is 22.1. The molecule has 12 aromatic carbocycles. The highest BCUT2D eigenvalue weighted by Crippen LogP contribution is 2.48. The lowest BCUT2D eigenvalue weighted by Crippen LogP contribution is -2.10. The van der Waals surface area contributed by atoms with Crippen molar-refractivity contribution in [2.75, 3.05) is 9.80 Å². The molecular weight excluding hydrogens is 1020 g/mol. The Morgan fingerprint density at radius 1 is 0.250 bits per heavy atom. The van der Waals surface area contributed by atoms with Crippen LogP contribution < -0.4 is 9.80 Å². The third-order valence-corrected chi connectivity index (χ3v) is 15.8. The fourth-order valence-electron chi connectivity index (χ4n) is 11.9. The molecule has 84 heavy (non-hydrogen) atoms. The van der Waals surface area contributed by atoms with Crippen LogP contribution in [-0.2, 0) is 0 Å². The van der Waals surface area contributed by atoms with E-state index < -0.39 is 0 Å². The average molecular weight is 1070 g/mol. The van der Waals surface area contributed by atoms with Crippen molar-refractivity contribution in [1.82, 2.24) is 9.13 Å². The lowest BCUT2D eigenvalue weighted by Gasteiger charge is -2.26. The molecular formula is C78H52N6. The molecule has 0 atom stereocenters. The number of anilines is 6. The van der Waals surface area contributed by atoms with E-state index in [2.05, 4.69) is 286 Å². The van der Waals surface area contributed by atoms with Crippen LogP contribution in [0.1, 0.15) is 11.1 Å². The van der Waals surface area contributed by atoms with Gasteiger partial charge in [-0.05, 0) is 179 Å². The van der Waals surface area contributed by atoms with E-state index in [1.54, 1.807) is 0 Å². The summed E-state index contributed by atoms with van der Waals surface area (Å²) in [5, 5.41) is 21.6. The maximum absolute atomic E-state index is 9.64. The van der Waals surface area contributed by atoms with E-state index in [1.165, 1.54) is 0 Å². The largest absolute Gasteiger partial charge is 0.311 e. The molecule has 0 saturated heterocycles. The van der Waals surface area contributed by atoms with Gasteiger partial charge in [0.2, 0.25) is 0 Å². The lowest BCUT2D eigenvalue weighted by atomic mass is 9.94. The SMILES string of the molecule is N#Cc1ccc(N(c2ccccc2)c2ccc(-n3c(-c4ccccc4)c(-c4ccccc4)c4cc(-c5ccc6c(c5)c(-c5ccccc5)c(-c5ccccc5)n6-c5ccc(N(c6ccccc6)c6ccc(C#N)cc6)cc5)ccc43)cc2)cc1. The Bertz CT molecular complexity index is 4410. The zero-order valence-corrected chi connectivity index (χ0v) is 45.7. The van der Waals surface area contributed by atoms with Gasteiger partial charge in [-0.2, -0.15) is 10.5 Å². The molecule has 0 radical (unpaired) electrons. The van der Waals surface area contributed by atoms with Crippen molar-refractivity contribution in [3.63, 3.8) is 0 Å². The molecule has 0 unspecified atom stereocenters. The van der Waals surface area contributed by atoms with Crippen molar-refractivity contribution < 1.29 is 0 Å². The number of hydrogen-bond donors (Lipinski definition) is 0. The number of nitrogens with zero attached hydrogens (tertiary/aromatic N) is 6. The molecule has 0 bridgehead atoms. The topological polar surface area (TPSA) is 63.9 Å². The van der Waals surface area contributed by atoms with E-state index in [4.69, 9.17) is 0 Å². The Balaban J connectivity index is 0.945. The summed E-state index contributed by atoms with van der Waals surface area (Å²) in [7, 11) is 0. The van der Waals surface area contributed by atoms with Crippen molar-refractivity contribution in [2.24, 2.45) is 0 Å². The molecule has 0 aliphatic carbocycles. The first kappa shape index (κ1) is 50.5. The van der Waals surface area contributed by atoms with Crippen molar-refractivity contribution in [3.05, 3.63) is 327 Å². The van der Waals surface area contributed by atoms with E-state index in [-0.39, 0.29) is 0 Å². The van der Waals surface area contributed by atoms with Crippen molar-refractivity contribution in [3.8, 4) is 79.4 Å². The zero-order valence-electron chi connectivity index (χ0n) is 45.7. The second-order valence-electron chi connectivity index (χ2n) is 20.7. The van der Waals surface area contributed by atoms with E-state index >= 15 is 0 Å². The van der Waals surface area contributed by atoms with Gasteiger partial charge in [-0.25, -0.2) is 0 Å². The zero-order chi connectivity index (χ0) is 56.3. The number of aromatic nitrogens is 2. The van der Waals surface area contributed by atoms with Crippen LogP contribution in [0.25, 0.3) is 89.1 Å². The first-order valence-corrected chi connectivity index (χ1v) is 28.1. The molecule has 14 aromatic rings. The smallest absolute Gasteiger partial charge is 0.0991 e. The minimum Gasteiger partial charge on any atom is -0.311 e. The van der Waals surface area contributed by atoms with Crippen LogP contribution in [0.5, 0.6) is 0 Å². The van der Waals surface area contributed by atoms with Gasteiger partial charge in [-0.1, -0.05) is 170 Å². The van der Waals surface area contributed by atoms with E-state index in [0.717, 1.165) is 123 Å². The Hall–Kier alpha value is -11.7. The van der Waals surface area contributed by atoms with Gasteiger partial charge in [-0.3, -0.25) is 0 Å². The predicted octanol–water partition coefficient (Wildman–Crippen LogP) is 20.6. The second-order valence-corrected chi connectivity index (χ2v) is 20.7. The number of rotatable bonds is 13. The van der Waals surface area contributed by atoms with Crippen LogP contribution in [0.4, 0.5) is 34.1 Å². The van der Waals surface area contributed by atoms with Gasteiger partial charge in [0.05, 0.1) is 45.7 Å². The van der Waals surface area contributed by atoms with Crippen molar-refractivity contribution in [2.45, 2.75) is 0 Å². The van der Waals surface area contributed by atoms with Gasteiger partial charge < -0.3 is 18.9 Å². The van der Waals surface area contributed by atoms with E-state index in [0.29, 0.717) is 11.1 Å². The van der Waals surface area contributed by atoms with Gasteiger partial charge in [0, 0.05) is 67.4 Å². The fraction of sp³-hybridized carbons (Fsp3) is 0. The van der Waals surface area contributed by atoms with Crippen LogP contribution in [0, 0.1) is 22.7 Å². The highest BCUT2D eigenvalue weighted by Gasteiger charge is 2.26. The maximum atomic E-state index is 9.64. The van der Waals surface area contributed by atoms with Crippen LogP contribution in [-0.4, -0.2) is 9.13 Å². The summed E-state index contributed by atoms with van der Waals surface area (Å²) in [5.74, 6) is 0.